The molecule has 0 aliphatic heterocycles. The summed E-state index contributed by atoms with van der Waals surface area (Å²) < 4.78 is 0. The van der Waals surface area contributed by atoms with Crippen molar-refractivity contribution in [3.8, 4) is 0 Å². The van der Waals surface area contributed by atoms with E-state index in [9.17, 15) is 0 Å². The van der Waals surface area contributed by atoms with Crippen LogP contribution in [0.2, 0.25) is 0 Å². The predicted octanol–water partition coefficient (Wildman–Crippen LogP) is -0.0100. The van der Waals surface area contributed by atoms with Crippen LogP contribution in [-0.2, 0) is 77.6 Å². The molecule has 0 fully saturated rings. The first-order chi connectivity index (χ1) is 0. The molecule has 34 valence electrons. The van der Waals surface area contributed by atoms with Gasteiger partial charge in [0, 0.05) is 0 Å². The first-order valence-corrected chi connectivity index (χ1v) is 0. The van der Waals surface area contributed by atoms with Crippen LogP contribution >= 0.6 is 0 Å². The molecule has 0 aliphatic rings. The third kappa shape index (κ3) is 8.82. The van der Waals surface area contributed by atoms with E-state index in [-0.39, 0.29) is 77.6 Å². The summed E-state index contributed by atoms with van der Waals surface area (Å²) in [5, 5.41) is 0. The van der Waals surface area contributed by atoms with Gasteiger partial charge in [-0.15, -0.1) is 0 Å². The molecule has 0 aromatic heterocycles. The first kappa shape index (κ1) is 31.8. The number of hydrogen-bond donors (Lipinski definition) is 0. The fourth-order valence-electron chi connectivity index (χ4n) is 0. The molecule has 0 saturated carbocycles. The number of hydrogen-bond acceptors (Lipinski definition) is 0. The van der Waals surface area contributed by atoms with Crippen molar-refractivity contribution in [3.05, 3.63) is 0 Å². The van der Waals surface area contributed by atoms with Crippen LogP contribution in [0.3, 0.4) is 0 Å². The Morgan fingerprint density at radius 2 is 0.750 bits per heavy atom. The van der Waals surface area contributed by atoms with E-state index in [1.165, 1.54) is 0 Å². The maximum absolute atomic E-state index is 0. The Hall–Kier alpha value is 2.47. The minimum atomic E-state index is 0. The second-order valence-electron chi connectivity index (χ2n) is 0. The topological polar surface area (TPSA) is 0 Å². The van der Waals surface area contributed by atoms with Gasteiger partial charge in [-0.2, -0.15) is 0 Å². The smallest absolute Gasteiger partial charge is 1.00 e. The van der Waals surface area contributed by atoms with Gasteiger partial charge in [-0.25, -0.2) is 0 Å². The summed E-state index contributed by atoms with van der Waals surface area (Å²) in [7, 11) is 0. The van der Waals surface area contributed by atoms with Crippen LogP contribution in [0, 0.1) is 0 Å². The SMILES string of the molecule is [Ag+].[Cu+].[Cu+].[W+2]. The largest absolute Gasteiger partial charge is 2.00 e. The van der Waals surface area contributed by atoms with E-state index in [1.807, 2.05) is 0 Å². The van der Waals surface area contributed by atoms with Gasteiger partial charge in [-0.05, 0) is 0 Å². The van der Waals surface area contributed by atoms with Crippen molar-refractivity contribution >= 4 is 0 Å². The van der Waals surface area contributed by atoms with Crippen molar-refractivity contribution in [3.63, 3.8) is 0 Å². The molecular formula is AgCu2W+5. The Kier molecular flexibility index (Phi) is 142. The molecule has 4 heavy (non-hydrogen) atoms. The van der Waals surface area contributed by atoms with Crippen molar-refractivity contribution < 1.29 is 77.6 Å². The van der Waals surface area contributed by atoms with Crippen molar-refractivity contribution in [1.82, 2.24) is 0 Å². The van der Waals surface area contributed by atoms with Crippen molar-refractivity contribution in [2.75, 3.05) is 0 Å². The molecule has 0 aromatic rings. The summed E-state index contributed by atoms with van der Waals surface area (Å²) in [5.74, 6) is 0. The molecule has 0 amide bonds. The normalized spacial score (nSPS) is 0. The first-order valence-electron chi connectivity index (χ1n) is 0. The second-order valence-corrected chi connectivity index (χ2v) is 0. The minimum Gasteiger partial charge on any atom is 1.00 e. The van der Waals surface area contributed by atoms with Gasteiger partial charge in [0.2, 0.25) is 0 Å². The van der Waals surface area contributed by atoms with E-state index >= 15 is 0 Å². The maximum Gasteiger partial charge on any atom is 2.00 e. The summed E-state index contributed by atoms with van der Waals surface area (Å²) in [6.07, 6.45) is 0. The van der Waals surface area contributed by atoms with Gasteiger partial charge in [0.05, 0.1) is 0 Å². The van der Waals surface area contributed by atoms with Crippen LogP contribution in [0.4, 0.5) is 0 Å². The van der Waals surface area contributed by atoms with E-state index in [0.29, 0.717) is 0 Å². The third-order valence-corrected chi connectivity index (χ3v) is 0. The molecule has 0 atom stereocenters. The predicted molar refractivity (Wildman–Crippen MR) is 0 cm³/mol. The van der Waals surface area contributed by atoms with E-state index in [2.05, 4.69) is 0 Å². The van der Waals surface area contributed by atoms with Gasteiger partial charge in [0.25, 0.3) is 0 Å². The maximum atomic E-state index is 0. The average Bonchev–Trinajstić information content (AvgIpc) is 0. The van der Waals surface area contributed by atoms with Gasteiger partial charge in [0.1, 0.15) is 0 Å². The monoisotopic (exact) mass is 417 g/mol. The van der Waals surface area contributed by atoms with Gasteiger partial charge in [0.15, 0.2) is 0 Å². The molecule has 0 heterocycles. The summed E-state index contributed by atoms with van der Waals surface area (Å²) in [4.78, 5) is 0. The van der Waals surface area contributed by atoms with Crippen LogP contribution in [-0.4, -0.2) is 0 Å². The van der Waals surface area contributed by atoms with Crippen molar-refractivity contribution in [1.29, 1.82) is 0 Å². The number of rotatable bonds is 0. The summed E-state index contributed by atoms with van der Waals surface area (Å²) in [6.45, 7) is 0. The fraction of sp³-hybridized carbons (Fsp3) is 0. The van der Waals surface area contributed by atoms with Crippen LogP contribution < -0.4 is 0 Å². The molecule has 0 unspecified atom stereocenters. The molecular weight excluding hydrogens is 419 g/mol. The second kappa shape index (κ2) is 17.9. The molecule has 0 saturated heterocycles. The van der Waals surface area contributed by atoms with E-state index in [1.54, 1.807) is 0 Å². The molecule has 0 spiro atoms. The van der Waals surface area contributed by atoms with E-state index < -0.39 is 0 Å². The Morgan fingerprint density at radius 3 is 0.750 bits per heavy atom. The zero-order valence-electron chi connectivity index (χ0n) is 1.31. The van der Waals surface area contributed by atoms with Crippen molar-refractivity contribution in [2.24, 2.45) is 0 Å². The molecule has 0 radical (unpaired) electrons. The zero-order chi connectivity index (χ0) is 0. The fourth-order valence-corrected chi connectivity index (χ4v) is 0. The Labute approximate surface area is 76.6 Å². The summed E-state index contributed by atoms with van der Waals surface area (Å²) >= 11 is 0. The summed E-state index contributed by atoms with van der Waals surface area (Å²) in [5.41, 5.74) is 0. The Morgan fingerprint density at radius 1 is 0.750 bits per heavy atom. The third-order valence-electron chi connectivity index (χ3n) is 0. The van der Waals surface area contributed by atoms with Gasteiger partial charge in [-0.1, -0.05) is 0 Å². The van der Waals surface area contributed by atoms with E-state index in [0.717, 1.165) is 0 Å². The van der Waals surface area contributed by atoms with Crippen LogP contribution in [0.25, 0.3) is 0 Å². The Balaban J connectivity index is 0. The molecule has 0 aromatic carbocycles. The minimum absolute atomic E-state index is 0. The molecule has 4 heteroatoms. The zero-order valence-corrected chi connectivity index (χ0v) is 7.61. The van der Waals surface area contributed by atoms with Crippen LogP contribution in [0.15, 0.2) is 0 Å². The van der Waals surface area contributed by atoms with Crippen molar-refractivity contribution in [2.45, 2.75) is 0 Å². The van der Waals surface area contributed by atoms with Gasteiger partial charge >= 0.3 is 77.6 Å². The molecule has 0 rings (SSSR count). The summed E-state index contributed by atoms with van der Waals surface area (Å²) in [6, 6.07) is 0. The van der Waals surface area contributed by atoms with Gasteiger partial charge in [-0.3, -0.25) is 0 Å². The van der Waals surface area contributed by atoms with Gasteiger partial charge < -0.3 is 0 Å². The molecule has 0 nitrogen and oxygen atoms in total. The van der Waals surface area contributed by atoms with Crippen LogP contribution in [0.1, 0.15) is 0 Å². The van der Waals surface area contributed by atoms with Crippen LogP contribution in [0.5, 0.6) is 0 Å². The molecule has 0 aliphatic carbocycles. The molecule has 0 bridgehead atoms. The average molecular weight is 419 g/mol. The quantitative estimate of drug-likeness (QED) is 0.486. The standard InChI is InChI=1S/Ag.2Cu.W/q3*+1;+2. The van der Waals surface area contributed by atoms with E-state index in [4.69, 9.17) is 0 Å². The Bertz CT molecular complexity index is 6.00. The molecule has 0 N–H and O–H groups in total.